The summed E-state index contributed by atoms with van der Waals surface area (Å²) in [5.41, 5.74) is 0.802. The number of hydrogen-bond acceptors (Lipinski definition) is 7. The minimum absolute atomic E-state index is 0.133. The zero-order valence-electron chi connectivity index (χ0n) is 14.4. The van der Waals surface area contributed by atoms with Crippen LogP contribution in [0.5, 0.6) is 0 Å². The quantitative estimate of drug-likeness (QED) is 0.697. The number of benzene rings is 1. The number of β-amino-alcohol motifs (C(OH)–C–C–N with tert-alkyl or cyclic N) is 1. The van der Waals surface area contributed by atoms with E-state index in [4.69, 9.17) is 13.7 Å². The summed E-state index contributed by atoms with van der Waals surface area (Å²) in [6.45, 7) is 2.44. The third kappa shape index (κ3) is 3.25. The third-order valence-electron chi connectivity index (χ3n) is 5.00. The van der Waals surface area contributed by atoms with Crippen molar-refractivity contribution in [3.8, 4) is 0 Å². The van der Waals surface area contributed by atoms with E-state index in [0.29, 0.717) is 30.7 Å². The lowest BCUT2D eigenvalue weighted by atomic mass is 10.1. The first-order chi connectivity index (χ1) is 12.7. The standard InChI is InChI=1S/C19H21N3O4/c23-15(17-7-13-3-1-2-4-16(13)25-17)10-22-8-14(9-22)24-11-18-20-19(21-26-18)12-5-6-12/h1-4,7,12,14-15,23H,5-6,8-11H2/t15-/m1/s1. The van der Waals surface area contributed by atoms with E-state index in [0.717, 1.165) is 42.7 Å². The van der Waals surface area contributed by atoms with Gasteiger partial charge in [-0.05, 0) is 25.0 Å². The maximum atomic E-state index is 10.4. The van der Waals surface area contributed by atoms with E-state index in [-0.39, 0.29) is 6.10 Å². The van der Waals surface area contributed by atoms with Crippen molar-refractivity contribution in [1.29, 1.82) is 0 Å². The number of furan rings is 1. The summed E-state index contributed by atoms with van der Waals surface area (Å²) in [5.74, 6) is 2.46. The first kappa shape index (κ1) is 16.0. The van der Waals surface area contributed by atoms with E-state index < -0.39 is 6.10 Å². The zero-order chi connectivity index (χ0) is 17.5. The van der Waals surface area contributed by atoms with Gasteiger partial charge in [0.2, 0.25) is 0 Å². The number of fused-ring (bicyclic) bond motifs is 1. The number of rotatable bonds is 7. The van der Waals surface area contributed by atoms with Crippen LogP contribution in [0.2, 0.25) is 0 Å². The van der Waals surface area contributed by atoms with E-state index in [1.54, 1.807) is 0 Å². The van der Waals surface area contributed by atoms with Crippen molar-refractivity contribution < 1.29 is 18.8 Å². The normalized spacial score (nSPS) is 19.7. The van der Waals surface area contributed by atoms with Crippen LogP contribution >= 0.6 is 0 Å². The van der Waals surface area contributed by atoms with E-state index in [2.05, 4.69) is 15.0 Å². The number of nitrogens with zero attached hydrogens (tertiary/aromatic N) is 3. The molecule has 3 aromatic rings. The Kier molecular flexibility index (Phi) is 4.00. The number of ether oxygens (including phenoxy) is 1. The van der Waals surface area contributed by atoms with E-state index in [1.165, 1.54) is 0 Å². The molecule has 0 unspecified atom stereocenters. The van der Waals surface area contributed by atoms with Gasteiger partial charge < -0.3 is 18.8 Å². The molecular formula is C19H21N3O4. The highest BCUT2D eigenvalue weighted by Gasteiger charge is 2.31. The molecule has 1 atom stereocenters. The molecule has 1 aliphatic heterocycles. The molecule has 5 rings (SSSR count). The zero-order valence-corrected chi connectivity index (χ0v) is 14.4. The number of aliphatic hydroxyl groups excluding tert-OH is 1. The van der Waals surface area contributed by atoms with Crippen molar-refractivity contribution in [3.05, 3.63) is 47.8 Å². The van der Waals surface area contributed by atoms with Crippen molar-refractivity contribution in [2.75, 3.05) is 19.6 Å². The Balaban J connectivity index is 1.08. The van der Waals surface area contributed by atoms with Gasteiger partial charge in [0, 0.05) is 30.9 Å². The molecule has 2 fully saturated rings. The Morgan fingerprint density at radius 3 is 2.92 bits per heavy atom. The lowest BCUT2D eigenvalue weighted by Gasteiger charge is -2.39. The largest absolute Gasteiger partial charge is 0.458 e. The van der Waals surface area contributed by atoms with Crippen LogP contribution in [-0.2, 0) is 11.3 Å². The average Bonchev–Trinajstić information content (AvgIpc) is 3.19. The highest BCUT2D eigenvalue weighted by Crippen LogP contribution is 2.38. The Bertz CT molecular complexity index is 862. The lowest BCUT2D eigenvalue weighted by Crippen LogP contribution is -2.53. The molecule has 2 aromatic heterocycles. The molecule has 1 saturated carbocycles. The van der Waals surface area contributed by atoms with Crippen LogP contribution in [0, 0.1) is 0 Å². The molecule has 3 heterocycles. The van der Waals surface area contributed by atoms with E-state index in [9.17, 15) is 5.11 Å². The van der Waals surface area contributed by atoms with Crippen LogP contribution in [0.1, 0.15) is 42.3 Å². The van der Waals surface area contributed by atoms with E-state index >= 15 is 0 Å². The van der Waals surface area contributed by atoms with Crippen molar-refractivity contribution in [2.45, 2.75) is 37.6 Å². The molecule has 2 aliphatic rings. The molecule has 7 nitrogen and oxygen atoms in total. The first-order valence-electron chi connectivity index (χ1n) is 9.07. The summed E-state index contributed by atoms with van der Waals surface area (Å²) < 4.78 is 16.7. The summed E-state index contributed by atoms with van der Waals surface area (Å²) in [6.07, 6.45) is 1.81. The lowest BCUT2D eigenvalue weighted by molar-refractivity contribution is -0.0813. The molecule has 26 heavy (non-hydrogen) atoms. The molecule has 1 N–H and O–H groups in total. The predicted octanol–water partition coefficient (Wildman–Crippen LogP) is 2.63. The monoisotopic (exact) mass is 355 g/mol. The second-order valence-corrected chi connectivity index (χ2v) is 7.17. The summed E-state index contributed by atoms with van der Waals surface area (Å²) in [4.78, 5) is 6.51. The number of hydrogen-bond donors (Lipinski definition) is 1. The molecule has 0 bridgehead atoms. The number of para-hydroxylation sites is 1. The van der Waals surface area contributed by atoms with Crippen LogP contribution in [0.4, 0.5) is 0 Å². The van der Waals surface area contributed by atoms with Gasteiger partial charge in [0.1, 0.15) is 24.1 Å². The maximum Gasteiger partial charge on any atom is 0.252 e. The van der Waals surface area contributed by atoms with Crippen molar-refractivity contribution in [1.82, 2.24) is 15.0 Å². The highest BCUT2D eigenvalue weighted by atomic mass is 16.5. The first-order valence-corrected chi connectivity index (χ1v) is 9.07. The van der Waals surface area contributed by atoms with Gasteiger partial charge in [-0.15, -0.1) is 0 Å². The Hall–Kier alpha value is -2.22. The topological polar surface area (TPSA) is 84.8 Å². The molecule has 7 heteroatoms. The second kappa shape index (κ2) is 6.50. The van der Waals surface area contributed by atoms with Gasteiger partial charge in [0.25, 0.3) is 5.89 Å². The SMILES string of the molecule is O[C@H](CN1CC(OCc2nc(C3CC3)no2)C1)c1cc2ccccc2o1. The number of likely N-dealkylation sites (tertiary alicyclic amines) is 1. The summed E-state index contributed by atoms with van der Waals surface area (Å²) >= 11 is 0. The van der Waals surface area contributed by atoms with Crippen LogP contribution in [-0.4, -0.2) is 45.9 Å². The smallest absolute Gasteiger partial charge is 0.252 e. The minimum Gasteiger partial charge on any atom is -0.458 e. The number of aliphatic hydroxyl groups is 1. The Labute approximate surface area is 150 Å². The van der Waals surface area contributed by atoms with Gasteiger partial charge in [-0.25, -0.2) is 0 Å². The molecule has 0 amide bonds. The Morgan fingerprint density at radius 2 is 2.12 bits per heavy atom. The third-order valence-corrected chi connectivity index (χ3v) is 5.00. The van der Waals surface area contributed by atoms with Gasteiger partial charge in [-0.1, -0.05) is 23.4 Å². The summed E-state index contributed by atoms with van der Waals surface area (Å²) in [6, 6.07) is 9.68. The van der Waals surface area contributed by atoms with Gasteiger partial charge in [0.05, 0.1) is 6.10 Å². The molecule has 0 radical (unpaired) electrons. The molecule has 1 saturated heterocycles. The van der Waals surface area contributed by atoms with Crippen molar-refractivity contribution in [3.63, 3.8) is 0 Å². The molecule has 1 aliphatic carbocycles. The molecule has 1 aromatic carbocycles. The van der Waals surface area contributed by atoms with Crippen LogP contribution < -0.4 is 0 Å². The fourth-order valence-corrected chi connectivity index (χ4v) is 3.30. The van der Waals surface area contributed by atoms with Crippen molar-refractivity contribution in [2.24, 2.45) is 0 Å². The Morgan fingerprint density at radius 1 is 1.27 bits per heavy atom. The maximum absolute atomic E-state index is 10.4. The molecule has 0 spiro atoms. The van der Waals surface area contributed by atoms with Crippen LogP contribution in [0.15, 0.2) is 39.3 Å². The van der Waals surface area contributed by atoms with Crippen molar-refractivity contribution >= 4 is 11.0 Å². The summed E-state index contributed by atoms with van der Waals surface area (Å²) in [5, 5.41) is 15.4. The molecule has 136 valence electrons. The van der Waals surface area contributed by atoms with Crippen LogP contribution in [0.25, 0.3) is 11.0 Å². The average molecular weight is 355 g/mol. The second-order valence-electron chi connectivity index (χ2n) is 7.17. The summed E-state index contributed by atoms with van der Waals surface area (Å²) in [7, 11) is 0. The van der Waals surface area contributed by atoms with Gasteiger partial charge in [0.15, 0.2) is 5.82 Å². The number of aromatic nitrogens is 2. The fourth-order valence-electron chi connectivity index (χ4n) is 3.30. The highest BCUT2D eigenvalue weighted by molar-refractivity contribution is 5.77. The van der Waals surface area contributed by atoms with Crippen LogP contribution in [0.3, 0.4) is 0 Å². The van der Waals surface area contributed by atoms with Gasteiger partial charge >= 0.3 is 0 Å². The van der Waals surface area contributed by atoms with E-state index in [1.807, 2.05) is 30.3 Å². The van der Waals surface area contributed by atoms with Gasteiger partial charge in [-0.2, -0.15) is 4.98 Å². The molecular weight excluding hydrogens is 334 g/mol. The minimum atomic E-state index is -0.639. The predicted molar refractivity (Wildman–Crippen MR) is 92.5 cm³/mol. The van der Waals surface area contributed by atoms with Gasteiger partial charge in [-0.3, -0.25) is 4.90 Å². The fraction of sp³-hybridized carbons (Fsp3) is 0.474.